The van der Waals surface area contributed by atoms with Crippen molar-refractivity contribution in [2.24, 2.45) is 0 Å². The third-order valence-corrected chi connectivity index (χ3v) is 7.00. The van der Waals surface area contributed by atoms with Crippen molar-refractivity contribution in [1.82, 2.24) is 4.90 Å². The van der Waals surface area contributed by atoms with Crippen molar-refractivity contribution in [1.29, 1.82) is 0 Å². The minimum absolute atomic E-state index is 0.823. The smallest absolute Gasteiger partial charge is 0.00920 e. The molecule has 0 aliphatic rings. The monoisotopic (exact) mass is 447 g/mol. The van der Waals surface area contributed by atoms with Crippen LogP contribution in [0.25, 0.3) is 0 Å². The Kier molecular flexibility index (Phi) is 26.2. The van der Waals surface area contributed by atoms with E-state index in [1.54, 1.807) is 0 Å². The van der Waals surface area contributed by atoms with Crippen LogP contribution in [0, 0.1) is 0 Å². The highest BCUT2D eigenvalue weighted by Gasteiger charge is 2.12. The summed E-state index contributed by atoms with van der Waals surface area (Å²) in [6.07, 6.45) is 38.5. The fourth-order valence-electron chi connectivity index (χ4n) is 4.54. The van der Waals surface area contributed by atoms with Gasteiger partial charge >= 0.3 is 0 Å². The standard InChI is InChI=1S/C31H61N/c1-5-8-10-12-14-15-16-17-18-19-20-21-22-24-26-28-30-31(32(4)7-3)29-27-25-23-13-11-9-6-2/h12,14,16-17,31H,5-11,13,15,18-30H2,1-4H3/b14-12+,17-16-/t31-/m1/s1. The van der Waals surface area contributed by atoms with Gasteiger partial charge in [0.2, 0.25) is 0 Å². The molecule has 1 atom stereocenters. The third kappa shape index (κ3) is 22.6. The molecule has 0 aromatic heterocycles. The summed E-state index contributed by atoms with van der Waals surface area (Å²) in [5, 5.41) is 0. The maximum atomic E-state index is 2.60. The van der Waals surface area contributed by atoms with Gasteiger partial charge in [0.15, 0.2) is 0 Å². The molecule has 32 heavy (non-hydrogen) atoms. The van der Waals surface area contributed by atoms with Gasteiger partial charge < -0.3 is 4.90 Å². The molecule has 0 aliphatic carbocycles. The molecule has 0 N–H and O–H groups in total. The van der Waals surface area contributed by atoms with E-state index < -0.39 is 0 Å². The van der Waals surface area contributed by atoms with E-state index >= 15 is 0 Å². The highest BCUT2D eigenvalue weighted by atomic mass is 15.1. The van der Waals surface area contributed by atoms with Crippen LogP contribution in [-0.4, -0.2) is 24.5 Å². The molecule has 0 radical (unpaired) electrons. The summed E-state index contributed by atoms with van der Waals surface area (Å²) in [5.41, 5.74) is 0. The molecule has 0 aliphatic heterocycles. The first-order valence-corrected chi connectivity index (χ1v) is 14.8. The third-order valence-electron chi connectivity index (χ3n) is 7.00. The summed E-state index contributed by atoms with van der Waals surface area (Å²) >= 11 is 0. The molecule has 0 aromatic rings. The average Bonchev–Trinajstić information content (AvgIpc) is 2.81. The van der Waals surface area contributed by atoms with Crippen LogP contribution in [-0.2, 0) is 0 Å². The van der Waals surface area contributed by atoms with Crippen molar-refractivity contribution >= 4 is 0 Å². The van der Waals surface area contributed by atoms with Crippen LogP contribution in [0.2, 0.25) is 0 Å². The first kappa shape index (κ1) is 31.4. The van der Waals surface area contributed by atoms with E-state index in [1.165, 1.54) is 135 Å². The van der Waals surface area contributed by atoms with Crippen LogP contribution >= 0.6 is 0 Å². The predicted octanol–water partition coefficient (Wildman–Crippen LogP) is 10.7. The zero-order chi connectivity index (χ0) is 23.5. The Morgan fingerprint density at radius 3 is 1.44 bits per heavy atom. The molecule has 0 saturated carbocycles. The van der Waals surface area contributed by atoms with E-state index in [9.17, 15) is 0 Å². The van der Waals surface area contributed by atoms with Crippen LogP contribution in [0.1, 0.15) is 156 Å². The van der Waals surface area contributed by atoms with Gasteiger partial charge in [0.1, 0.15) is 0 Å². The Morgan fingerprint density at radius 1 is 0.500 bits per heavy atom. The number of hydrogen-bond acceptors (Lipinski definition) is 1. The molecule has 0 aromatic carbocycles. The van der Waals surface area contributed by atoms with Crippen LogP contribution in [0.4, 0.5) is 0 Å². The van der Waals surface area contributed by atoms with E-state index in [-0.39, 0.29) is 0 Å². The molecule has 0 bridgehead atoms. The van der Waals surface area contributed by atoms with Crippen molar-refractivity contribution in [3.05, 3.63) is 24.3 Å². The zero-order valence-electron chi connectivity index (χ0n) is 22.9. The Labute approximate surface area is 204 Å². The van der Waals surface area contributed by atoms with E-state index in [1.807, 2.05) is 0 Å². The number of nitrogens with zero attached hydrogens (tertiary/aromatic N) is 1. The lowest BCUT2D eigenvalue weighted by atomic mass is 9.99. The Hall–Kier alpha value is -0.560. The summed E-state index contributed by atoms with van der Waals surface area (Å²) in [6, 6.07) is 0.823. The molecular formula is C31H61N. The predicted molar refractivity (Wildman–Crippen MR) is 149 cm³/mol. The fraction of sp³-hybridized carbons (Fsp3) is 0.871. The van der Waals surface area contributed by atoms with Gasteiger partial charge in [0.25, 0.3) is 0 Å². The first-order valence-electron chi connectivity index (χ1n) is 14.8. The molecule has 1 heteroatoms. The number of rotatable bonds is 25. The Balaban J connectivity index is 3.57. The fourth-order valence-corrected chi connectivity index (χ4v) is 4.54. The minimum Gasteiger partial charge on any atom is -0.304 e. The van der Waals surface area contributed by atoms with Gasteiger partial charge in [-0.1, -0.05) is 141 Å². The lowest BCUT2D eigenvalue weighted by Crippen LogP contribution is -2.31. The Morgan fingerprint density at radius 2 is 0.938 bits per heavy atom. The quantitative estimate of drug-likeness (QED) is 0.0993. The molecule has 0 unspecified atom stereocenters. The second kappa shape index (κ2) is 26.7. The molecule has 0 saturated heterocycles. The molecular weight excluding hydrogens is 386 g/mol. The van der Waals surface area contributed by atoms with Gasteiger partial charge in [0.05, 0.1) is 0 Å². The van der Waals surface area contributed by atoms with Crippen LogP contribution in [0.15, 0.2) is 24.3 Å². The van der Waals surface area contributed by atoms with Gasteiger partial charge in [-0.3, -0.25) is 0 Å². The van der Waals surface area contributed by atoms with Gasteiger partial charge in [-0.25, -0.2) is 0 Å². The molecule has 0 heterocycles. The second-order valence-corrected chi connectivity index (χ2v) is 10.0. The number of unbranched alkanes of at least 4 members (excludes halogenated alkanes) is 15. The lowest BCUT2D eigenvalue weighted by molar-refractivity contribution is 0.219. The molecule has 190 valence electrons. The van der Waals surface area contributed by atoms with Gasteiger partial charge in [-0.15, -0.1) is 0 Å². The van der Waals surface area contributed by atoms with Gasteiger partial charge in [0, 0.05) is 6.04 Å². The molecule has 0 amide bonds. The maximum absolute atomic E-state index is 2.60. The maximum Gasteiger partial charge on any atom is 0.00920 e. The van der Waals surface area contributed by atoms with Crippen molar-refractivity contribution < 1.29 is 0 Å². The van der Waals surface area contributed by atoms with E-state index in [4.69, 9.17) is 0 Å². The first-order chi connectivity index (χ1) is 15.8. The van der Waals surface area contributed by atoms with Crippen LogP contribution in [0.5, 0.6) is 0 Å². The molecule has 0 fully saturated rings. The van der Waals surface area contributed by atoms with Crippen LogP contribution in [0.3, 0.4) is 0 Å². The van der Waals surface area contributed by atoms with Crippen molar-refractivity contribution in [3.8, 4) is 0 Å². The lowest BCUT2D eigenvalue weighted by Gasteiger charge is -2.27. The zero-order valence-corrected chi connectivity index (χ0v) is 22.9. The Bertz CT molecular complexity index is 397. The largest absolute Gasteiger partial charge is 0.304 e. The molecule has 0 rings (SSSR count). The summed E-state index contributed by atoms with van der Waals surface area (Å²) < 4.78 is 0. The van der Waals surface area contributed by atoms with Gasteiger partial charge in [-0.05, 0) is 52.1 Å². The SMILES string of the molecule is CCCC/C=C/C/C=C\CCCCCCCCC[C@@H](CCCCCCCCC)N(C)CC. The van der Waals surface area contributed by atoms with E-state index in [0.717, 1.165) is 12.5 Å². The number of hydrogen-bond donors (Lipinski definition) is 0. The van der Waals surface area contributed by atoms with Crippen LogP contribution < -0.4 is 0 Å². The summed E-state index contributed by atoms with van der Waals surface area (Å²) in [5.74, 6) is 0. The highest BCUT2D eigenvalue weighted by Crippen LogP contribution is 2.18. The summed E-state index contributed by atoms with van der Waals surface area (Å²) in [6.45, 7) is 8.08. The molecule has 0 spiro atoms. The topological polar surface area (TPSA) is 3.24 Å². The van der Waals surface area contributed by atoms with E-state index in [2.05, 4.69) is 57.0 Å². The summed E-state index contributed by atoms with van der Waals surface area (Å²) in [4.78, 5) is 2.60. The summed E-state index contributed by atoms with van der Waals surface area (Å²) in [7, 11) is 2.34. The minimum atomic E-state index is 0.823. The van der Waals surface area contributed by atoms with Crippen molar-refractivity contribution in [2.75, 3.05) is 13.6 Å². The van der Waals surface area contributed by atoms with Crippen molar-refractivity contribution in [3.63, 3.8) is 0 Å². The van der Waals surface area contributed by atoms with E-state index in [0.29, 0.717) is 0 Å². The second-order valence-electron chi connectivity index (χ2n) is 10.0. The van der Waals surface area contributed by atoms with Gasteiger partial charge in [-0.2, -0.15) is 0 Å². The average molecular weight is 448 g/mol. The molecule has 1 nitrogen and oxygen atoms in total. The number of allylic oxidation sites excluding steroid dienone is 4. The normalized spacial score (nSPS) is 13.2. The highest BCUT2D eigenvalue weighted by molar-refractivity contribution is 4.92. The van der Waals surface area contributed by atoms with Crippen molar-refractivity contribution in [2.45, 2.75) is 162 Å².